The number of nitrogens with one attached hydrogen (secondary N) is 1. The Labute approximate surface area is 128 Å². The number of benzene rings is 1. The van der Waals surface area contributed by atoms with Gasteiger partial charge in [-0.15, -0.1) is 0 Å². The Balaban J connectivity index is 1.60. The van der Waals surface area contributed by atoms with Crippen LogP contribution in [0.1, 0.15) is 18.6 Å². The number of nitrogens with zero attached hydrogens (tertiary/aromatic N) is 1. The van der Waals surface area contributed by atoms with E-state index >= 15 is 0 Å². The highest BCUT2D eigenvalue weighted by Gasteiger charge is 2.14. The zero-order valence-electron chi connectivity index (χ0n) is 11.1. The van der Waals surface area contributed by atoms with E-state index in [1.807, 2.05) is 42.1 Å². The molecule has 1 aliphatic heterocycles. The van der Waals surface area contributed by atoms with Crippen molar-refractivity contribution in [3.05, 3.63) is 41.1 Å². The van der Waals surface area contributed by atoms with E-state index in [9.17, 15) is 0 Å². The molecule has 0 bridgehead atoms. The van der Waals surface area contributed by atoms with Gasteiger partial charge >= 0.3 is 0 Å². The Hall–Kier alpha value is -0.970. The largest absolute Gasteiger partial charge is 0.359 e. The fraction of sp³-hybridized carbons (Fsp3) is 0.400. The third-order valence-electron chi connectivity index (χ3n) is 3.42. The molecule has 1 aromatic heterocycles. The van der Waals surface area contributed by atoms with Crippen molar-refractivity contribution in [2.45, 2.75) is 25.4 Å². The number of halogens is 1. The molecule has 1 saturated heterocycles. The second-order valence-electron chi connectivity index (χ2n) is 4.98. The highest BCUT2D eigenvalue weighted by Crippen LogP contribution is 2.22. The van der Waals surface area contributed by atoms with E-state index < -0.39 is 0 Å². The van der Waals surface area contributed by atoms with Gasteiger partial charge in [-0.3, -0.25) is 0 Å². The molecule has 1 N–H and O–H groups in total. The highest BCUT2D eigenvalue weighted by atomic mass is 35.5. The molecule has 20 heavy (non-hydrogen) atoms. The van der Waals surface area contributed by atoms with Crippen LogP contribution in [-0.2, 0) is 6.54 Å². The van der Waals surface area contributed by atoms with Crippen LogP contribution in [0, 0.1) is 0 Å². The SMILES string of the molecule is Clc1ccc(-c2cc(CNC3CCCSC3)on2)cc1. The Morgan fingerprint density at radius 1 is 1.35 bits per heavy atom. The summed E-state index contributed by atoms with van der Waals surface area (Å²) in [7, 11) is 0. The molecule has 3 rings (SSSR count). The maximum Gasteiger partial charge on any atom is 0.151 e. The molecule has 0 aliphatic carbocycles. The molecule has 1 unspecified atom stereocenters. The van der Waals surface area contributed by atoms with Crippen molar-refractivity contribution in [3.8, 4) is 11.3 Å². The molecule has 0 saturated carbocycles. The lowest BCUT2D eigenvalue weighted by atomic mass is 10.1. The summed E-state index contributed by atoms with van der Waals surface area (Å²) >= 11 is 7.90. The van der Waals surface area contributed by atoms with Gasteiger partial charge in [0.2, 0.25) is 0 Å². The number of hydrogen-bond donors (Lipinski definition) is 1. The van der Waals surface area contributed by atoms with Crippen LogP contribution in [0.15, 0.2) is 34.9 Å². The normalized spacial score (nSPS) is 19.1. The summed E-state index contributed by atoms with van der Waals surface area (Å²) in [5, 5.41) is 8.38. The van der Waals surface area contributed by atoms with Gasteiger partial charge < -0.3 is 9.84 Å². The first-order valence-corrected chi connectivity index (χ1v) is 8.37. The summed E-state index contributed by atoms with van der Waals surface area (Å²) in [6.07, 6.45) is 2.56. The number of aromatic nitrogens is 1. The van der Waals surface area contributed by atoms with Crippen LogP contribution in [0.3, 0.4) is 0 Å². The van der Waals surface area contributed by atoms with Crippen molar-refractivity contribution in [1.29, 1.82) is 0 Å². The van der Waals surface area contributed by atoms with Crippen LogP contribution >= 0.6 is 23.4 Å². The van der Waals surface area contributed by atoms with Gasteiger partial charge in [0, 0.05) is 28.4 Å². The van der Waals surface area contributed by atoms with Gasteiger partial charge in [-0.2, -0.15) is 11.8 Å². The zero-order valence-corrected chi connectivity index (χ0v) is 12.7. The smallest absolute Gasteiger partial charge is 0.151 e. The van der Waals surface area contributed by atoms with Crippen LogP contribution in [0.5, 0.6) is 0 Å². The van der Waals surface area contributed by atoms with E-state index in [0.29, 0.717) is 6.04 Å². The molecule has 106 valence electrons. The molecule has 2 aromatic rings. The van der Waals surface area contributed by atoms with Crippen LogP contribution in [-0.4, -0.2) is 22.7 Å². The lowest BCUT2D eigenvalue weighted by molar-refractivity contribution is 0.363. The van der Waals surface area contributed by atoms with Crippen molar-refractivity contribution in [1.82, 2.24) is 10.5 Å². The van der Waals surface area contributed by atoms with Gasteiger partial charge in [0.05, 0.1) is 6.54 Å². The first kappa shape index (κ1) is 14.0. The summed E-state index contributed by atoms with van der Waals surface area (Å²) in [5.41, 5.74) is 1.88. The third-order valence-corrected chi connectivity index (χ3v) is 4.89. The first-order chi connectivity index (χ1) is 9.81. The molecule has 3 nitrogen and oxygen atoms in total. The van der Waals surface area contributed by atoms with E-state index in [0.717, 1.165) is 28.6 Å². The standard InChI is InChI=1S/C15H17ClN2OS/c16-12-5-3-11(4-6-12)15-8-14(19-18-15)9-17-13-2-1-7-20-10-13/h3-6,8,13,17H,1-2,7,9-10H2. The molecule has 0 radical (unpaired) electrons. The fourth-order valence-corrected chi connectivity index (χ4v) is 3.53. The topological polar surface area (TPSA) is 38.1 Å². The fourth-order valence-electron chi connectivity index (χ4n) is 2.30. The van der Waals surface area contributed by atoms with E-state index in [1.54, 1.807) is 0 Å². The van der Waals surface area contributed by atoms with Crippen molar-refractivity contribution in [3.63, 3.8) is 0 Å². The summed E-state index contributed by atoms with van der Waals surface area (Å²) in [4.78, 5) is 0. The third kappa shape index (κ3) is 3.57. The average Bonchev–Trinajstić information content (AvgIpc) is 2.96. The maximum atomic E-state index is 5.88. The minimum Gasteiger partial charge on any atom is -0.359 e. The Morgan fingerprint density at radius 3 is 2.95 bits per heavy atom. The highest BCUT2D eigenvalue weighted by molar-refractivity contribution is 7.99. The van der Waals surface area contributed by atoms with Crippen molar-refractivity contribution in [2.75, 3.05) is 11.5 Å². The monoisotopic (exact) mass is 308 g/mol. The molecule has 0 amide bonds. The van der Waals surface area contributed by atoms with E-state index in [4.69, 9.17) is 16.1 Å². The predicted octanol–water partition coefficient (Wildman–Crippen LogP) is 3.98. The van der Waals surface area contributed by atoms with Gasteiger partial charge in [0.25, 0.3) is 0 Å². The van der Waals surface area contributed by atoms with Crippen molar-refractivity contribution < 1.29 is 4.52 Å². The van der Waals surface area contributed by atoms with Crippen molar-refractivity contribution in [2.24, 2.45) is 0 Å². The number of hydrogen-bond acceptors (Lipinski definition) is 4. The van der Waals surface area contributed by atoms with Crippen LogP contribution < -0.4 is 5.32 Å². The number of thioether (sulfide) groups is 1. The lowest BCUT2D eigenvalue weighted by Crippen LogP contribution is -2.33. The molecule has 0 spiro atoms. The second kappa shape index (κ2) is 6.66. The van der Waals surface area contributed by atoms with Gasteiger partial charge in [-0.25, -0.2) is 0 Å². The molecule has 5 heteroatoms. The second-order valence-corrected chi connectivity index (χ2v) is 6.57. The summed E-state index contributed by atoms with van der Waals surface area (Å²) in [6.45, 7) is 0.742. The Bertz CT molecular complexity index is 549. The lowest BCUT2D eigenvalue weighted by Gasteiger charge is -2.21. The molecule has 2 heterocycles. The van der Waals surface area contributed by atoms with Crippen LogP contribution in [0.2, 0.25) is 5.02 Å². The maximum absolute atomic E-state index is 5.88. The molecule has 1 atom stereocenters. The summed E-state index contributed by atoms with van der Waals surface area (Å²) in [5.74, 6) is 3.37. The van der Waals surface area contributed by atoms with E-state index in [-0.39, 0.29) is 0 Å². The van der Waals surface area contributed by atoms with Gasteiger partial charge in [-0.1, -0.05) is 28.9 Å². The van der Waals surface area contributed by atoms with Crippen LogP contribution in [0.25, 0.3) is 11.3 Å². The van der Waals surface area contributed by atoms with Gasteiger partial charge in [0.15, 0.2) is 5.76 Å². The molecular weight excluding hydrogens is 292 g/mol. The Kier molecular flexibility index (Phi) is 4.65. The first-order valence-electron chi connectivity index (χ1n) is 6.84. The molecular formula is C15H17ClN2OS. The quantitative estimate of drug-likeness (QED) is 0.927. The minimum absolute atomic E-state index is 0.595. The molecule has 1 aromatic carbocycles. The Morgan fingerprint density at radius 2 is 2.20 bits per heavy atom. The van der Waals surface area contributed by atoms with Gasteiger partial charge in [-0.05, 0) is 30.7 Å². The molecule has 1 fully saturated rings. The zero-order chi connectivity index (χ0) is 13.8. The van der Waals surface area contributed by atoms with E-state index in [2.05, 4.69) is 10.5 Å². The van der Waals surface area contributed by atoms with Crippen LogP contribution in [0.4, 0.5) is 0 Å². The van der Waals surface area contributed by atoms with Gasteiger partial charge in [0.1, 0.15) is 5.69 Å². The summed E-state index contributed by atoms with van der Waals surface area (Å²) < 4.78 is 5.39. The molecule has 1 aliphatic rings. The van der Waals surface area contributed by atoms with Crippen molar-refractivity contribution >= 4 is 23.4 Å². The minimum atomic E-state index is 0.595. The van der Waals surface area contributed by atoms with E-state index in [1.165, 1.54) is 24.3 Å². The summed E-state index contributed by atoms with van der Waals surface area (Å²) in [6, 6.07) is 10.2. The average molecular weight is 309 g/mol. The predicted molar refractivity (Wildman–Crippen MR) is 84.1 cm³/mol. The number of rotatable bonds is 4.